The van der Waals surface area contributed by atoms with Crippen LogP contribution >= 0.6 is 0 Å². The molecule has 4 nitrogen and oxygen atoms in total. The van der Waals surface area contributed by atoms with Gasteiger partial charge < -0.3 is 10.5 Å². The third-order valence-electron chi connectivity index (χ3n) is 1.21. The van der Waals surface area contributed by atoms with E-state index in [9.17, 15) is 4.79 Å². The van der Waals surface area contributed by atoms with E-state index in [0.717, 1.165) is 0 Å². The Morgan fingerprint density at radius 2 is 2.50 bits per heavy atom. The zero-order valence-electron chi connectivity index (χ0n) is 5.53. The lowest BCUT2D eigenvalue weighted by atomic mass is 10.4. The van der Waals surface area contributed by atoms with Crippen LogP contribution in [0.3, 0.4) is 0 Å². The minimum atomic E-state index is -0.931. The molecule has 0 aromatic carbocycles. The molecule has 0 unspecified atom stereocenters. The average Bonchev–Trinajstić information content (AvgIpc) is 2.33. The van der Waals surface area contributed by atoms with Crippen molar-refractivity contribution in [2.45, 2.75) is 0 Å². The molecular weight excluding hydrogens is 132 g/mol. The van der Waals surface area contributed by atoms with Crippen LogP contribution in [0.2, 0.25) is 0 Å². The Kier molecular flexibility index (Phi) is 1.62. The second kappa shape index (κ2) is 2.43. The maximum absolute atomic E-state index is 10.4. The number of carbonyl (C=O) groups is 1. The molecule has 0 radical (unpaired) electrons. The first-order valence-corrected chi connectivity index (χ1v) is 2.84. The highest BCUT2D eigenvalue weighted by molar-refractivity contribution is 5.85. The summed E-state index contributed by atoms with van der Waals surface area (Å²) in [5.41, 5.74) is 2.93. The van der Waals surface area contributed by atoms with Gasteiger partial charge in [0.15, 0.2) is 0 Å². The Morgan fingerprint density at radius 3 is 2.90 bits per heavy atom. The zero-order valence-corrected chi connectivity index (χ0v) is 5.53. The fourth-order valence-corrected chi connectivity index (χ4v) is 0.750. The van der Waals surface area contributed by atoms with E-state index in [0.29, 0.717) is 0 Å². The molecule has 0 aliphatic carbocycles. The van der Waals surface area contributed by atoms with E-state index < -0.39 is 5.97 Å². The van der Waals surface area contributed by atoms with Crippen LogP contribution in [-0.2, 0) is 0 Å². The predicted octanol–water partition coefficient (Wildman–Crippen LogP) is 0.360. The van der Waals surface area contributed by atoms with Crippen LogP contribution in [0.4, 0.5) is 0 Å². The van der Waals surface area contributed by atoms with E-state index in [1.807, 2.05) is 0 Å². The second-order valence-electron chi connectivity index (χ2n) is 1.79. The van der Waals surface area contributed by atoms with Crippen molar-refractivity contribution in [2.24, 2.45) is 0 Å². The number of hydrogen-bond acceptors (Lipinski definition) is 2. The number of carboxylic acids is 1. The van der Waals surface area contributed by atoms with Crippen molar-refractivity contribution < 1.29 is 9.90 Å². The maximum Gasteiger partial charge on any atom is 0.354 e. The van der Waals surface area contributed by atoms with Gasteiger partial charge in [0.2, 0.25) is 0 Å². The number of aromatic carboxylic acids is 1. The summed E-state index contributed by atoms with van der Waals surface area (Å²) in [5.74, 6) is -0.931. The van der Waals surface area contributed by atoms with E-state index in [1.54, 1.807) is 19.3 Å². The summed E-state index contributed by atoms with van der Waals surface area (Å²) >= 11 is 0. The van der Waals surface area contributed by atoms with E-state index in [1.165, 1.54) is 10.7 Å². The Bertz CT molecular complexity index is 242. The van der Waals surface area contributed by atoms with Gasteiger partial charge in [-0.3, -0.25) is 4.68 Å². The van der Waals surface area contributed by atoms with Crippen LogP contribution < -0.4 is 5.43 Å². The molecule has 0 spiro atoms. The van der Waals surface area contributed by atoms with Crippen LogP contribution in [0.5, 0.6) is 0 Å². The minimum Gasteiger partial charge on any atom is -0.477 e. The molecule has 0 saturated carbocycles. The van der Waals surface area contributed by atoms with Crippen LogP contribution in [0, 0.1) is 0 Å². The highest BCUT2D eigenvalue weighted by Crippen LogP contribution is 1.97. The quantitative estimate of drug-likeness (QED) is 0.623. The SMILES string of the molecule is CNn1cccc1C(=O)O. The number of nitrogens with one attached hydrogen (secondary N) is 1. The van der Waals surface area contributed by atoms with Gasteiger partial charge in [-0.15, -0.1) is 0 Å². The summed E-state index contributed by atoms with van der Waals surface area (Å²) in [4.78, 5) is 10.4. The lowest BCUT2D eigenvalue weighted by molar-refractivity contribution is 0.0687. The Balaban J connectivity index is 3.01. The zero-order chi connectivity index (χ0) is 7.56. The smallest absolute Gasteiger partial charge is 0.354 e. The molecule has 54 valence electrons. The molecule has 0 atom stereocenters. The third kappa shape index (κ3) is 0.953. The molecule has 1 rings (SSSR count). The number of rotatable bonds is 2. The highest BCUT2D eigenvalue weighted by atomic mass is 16.4. The van der Waals surface area contributed by atoms with Crippen molar-refractivity contribution in [3.63, 3.8) is 0 Å². The van der Waals surface area contributed by atoms with Gasteiger partial charge in [0.1, 0.15) is 5.69 Å². The topological polar surface area (TPSA) is 54.3 Å². The number of carboxylic acid groups (broad SMARTS) is 1. The van der Waals surface area contributed by atoms with E-state index in [2.05, 4.69) is 5.43 Å². The van der Waals surface area contributed by atoms with Crippen molar-refractivity contribution in [3.8, 4) is 0 Å². The molecule has 0 aliphatic heterocycles. The van der Waals surface area contributed by atoms with Gasteiger partial charge in [-0.05, 0) is 12.1 Å². The van der Waals surface area contributed by atoms with Crippen LogP contribution in [0.25, 0.3) is 0 Å². The van der Waals surface area contributed by atoms with Gasteiger partial charge >= 0.3 is 5.97 Å². The van der Waals surface area contributed by atoms with E-state index >= 15 is 0 Å². The molecule has 1 aromatic heterocycles. The standard InChI is InChI=1S/C6H8N2O2/c1-7-8-4-2-3-5(8)6(9)10/h2-4,7H,1H3,(H,9,10). The summed E-state index contributed by atoms with van der Waals surface area (Å²) in [6.07, 6.45) is 1.64. The van der Waals surface area contributed by atoms with Gasteiger partial charge in [-0.2, -0.15) is 0 Å². The summed E-state index contributed by atoms with van der Waals surface area (Å²) in [7, 11) is 1.66. The van der Waals surface area contributed by atoms with Crippen molar-refractivity contribution >= 4 is 5.97 Å². The Labute approximate surface area is 58.1 Å². The fraction of sp³-hybridized carbons (Fsp3) is 0.167. The molecule has 10 heavy (non-hydrogen) atoms. The van der Waals surface area contributed by atoms with Crippen LogP contribution in [0.15, 0.2) is 18.3 Å². The molecule has 0 fully saturated rings. The molecule has 2 N–H and O–H groups in total. The van der Waals surface area contributed by atoms with Crippen molar-refractivity contribution in [3.05, 3.63) is 24.0 Å². The highest BCUT2D eigenvalue weighted by Gasteiger charge is 2.05. The van der Waals surface area contributed by atoms with Gasteiger partial charge in [0, 0.05) is 13.2 Å². The molecule has 1 heterocycles. The van der Waals surface area contributed by atoms with Crippen molar-refractivity contribution in [2.75, 3.05) is 12.5 Å². The first-order valence-electron chi connectivity index (χ1n) is 2.84. The average molecular weight is 140 g/mol. The monoisotopic (exact) mass is 140 g/mol. The summed E-state index contributed by atoms with van der Waals surface area (Å²) < 4.78 is 1.43. The largest absolute Gasteiger partial charge is 0.477 e. The predicted molar refractivity (Wildman–Crippen MR) is 36.7 cm³/mol. The third-order valence-corrected chi connectivity index (χ3v) is 1.21. The van der Waals surface area contributed by atoms with Gasteiger partial charge in [-0.1, -0.05) is 0 Å². The second-order valence-corrected chi connectivity index (χ2v) is 1.79. The lowest BCUT2D eigenvalue weighted by Gasteiger charge is -2.02. The summed E-state index contributed by atoms with van der Waals surface area (Å²) in [6, 6.07) is 3.19. The van der Waals surface area contributed by atoms with E-state index in [-0.39, 0.29) is 5.69 Å². The Hall–Kier alpha value is -1.45. The maximum atomic E-state index is 10.4. The summed E-state index contributed by atoms with van der Waals surface area (Å²) in [5, 5.41) is 8.52. The Morgan fingerprint density at radius 1 is 1.80 bits per heavy atom. The van der Waals surface area contributed by atoms with E-state index in [4.69, 9.17) is 5.11 Å². The lowest BCUT2D eigenvalue weighted by Crippen LogP contribution is -2.14. The molecule has 0 aliphatic rings. The van der Waals surface area contributed by atoms with Gasteiger partial charge in [0.25, 0.3) is 0 Å². The molecular formula is C6H8N2O2. The van der Waals surface area contributed by atoms with Crippen molar-refractivity contribution in [1.82, 2.24) is 4.68 Å². The molecule has 0 saturated heterocycles. The number of hydrogen-bond donors (Lipinski definition) is 2. The first-order chi connectivity index (χ1) is 4.75. The number of nitrogens with zero attached hydrogens (tertiary/aromatic N) is 1. The van der Waals surface area contributed by atoms with Crippen molar-refractivity contribution in [1.29, 1.82) is 0 Å². The first kappa shape index (κ1) is 6.67. The molecule has 0 amide bonds. The fourth-order valence-electron chi connectivity index (χ4n) is 0.750. The van der Waals surface area contributed by atoms with Gasteiger partial charge in [-0.25, -0.2) is 4.79 Å². The number of aromatic nitrogens is 1. The summed E-state index contributed by atoms with van der Waals surface area (Å²) in [6.45, 7) is 0. The molecule has 1 aromatic rings. The normalized spacial score (nSPS) is 9.30. The minimum absolute atomic E-state index is 0.238. The van der Waals surface area contributed by atoms with Crippen LogP contribution in [0.1, 0.15) is 10.5 Å². The van der Waals surface area contributed by atoms with Crippen LogP contribution in [-0.4, -0.2) is 22.8 Å². The van der Waals surface area contributed by atoms with Gasteiger partial charge in [0.05, 0.1) is 0 Å². The molecule has 4 heteroatoms. The molecule has 0 bridgehead atoms.